The highest BCUT2D eigenvalue weighted by Crippen LogP contribution is 2.20. The minimum atomic E-state index is -3.65. The minimum Gasteiger partial charge on any atom is -0.356 e. The van der Waals surface area contributed by atoms with Gasteiger partial charge < -0.3 is 10.6 Å². The zero-order chi connectivity index (χ0) is 19.8. The first-order chi connectivity index (χ1) is 12.0. The lowest BCUT2D eigenvalue weighted by atomic mass is 9.91. The molecule has 7 nitrogen and oxygen atoms in total. The Bertz CT molecular complexity index is 724. The van der Waals surface area contributed by atoms with Crippen LogP contribution >= 0.6 is 0 Å². The largest absolute Gasteiger partial charge is 0.356 e. The van der Waals surface area contributed by atoms with E-state index in [-0.39, 0.29) is 29.4 Å². The molecular formula is C18H29N3O4S. The Morgan fingerprint density at radius 2 is 1.77 bits per heavy atom. The molecule has 0 saturated carbocycles. The maximum atomic E-state index is 12.1. The molecule has 0 radical (unpaired) electrons. The number of rotatable bonds is 9. The second-order valence-corrected chi connectivity index (χ2v) is 9.29. The van der Waals surface area contributed by atoms with Gasteiger partial charge in [-0.15, -0.1) is 0 Å². The molecule has 8 heteroatoms. The van der Waals surface area contributed by atoms with Crippen molar-refractivity contribution < 1.29 is 18.0 Å². The molecule has 0 aliphatic heterocycles. The highest BCUT2D eigenvalue weighted by atomic mass is 32.2. The van der Waals surface area contributed by atoms with Crippen LogP contribution < -0.4 is 15.4 Å². The van der Waals surface area contributed by atoms with Crippen molar-refractivity contribution in [3.8, 4) is 0 Å². The van der Waals surface area contributed by atoms with Gasteiger partial charge in [-0.3, -0.25) is 14.3 Å². The van der Waals surface area contributed by atoms with Crippen LogP contribution in [0.15, 0.2) is 24.3 Å². The third-order valence-corrected chi connectivity index (χ3v) is 4.77. The maximum Gasteiger partial charge on any atom is 0.233 e. The molecular weight excluding hydrogens is 354 g/mol. The molecule has 0 aromatic heterocycles. The SMILES string of the molecule is CC(=O)Nc1cccc(NS(=O)(=O)CCC(=O)NCCCC(C)(C)C)c1. The van der Waals surface area contributed by atoms with E-state index in [2.05, 4.69) is 36.1 Å². The van der Waals surface area contributed by atoms with Crippen LogP contribution in [-0.2, 0) is 19.6 Å². The molecule has 0 spiro atoms. The van der Waals surface area contributed by atoms with Gasteiger partial charge in [0.2, 0.25) is 21.8 Å². The summed E-state index contributed by atoms with van der Waals surface area (Å²) in [5.41, 5.74) is 1.04. The van der Waals surface area contributed by atoms with Crippen molar-refractivity contribution in [3.05, 3.63) is 24.3 Å². The van der Waals surface area contributed by atoms with Gasteiger partial charge in [-0.05, 0) is 36.5 Å². The van der Waals surface area contributed by atoms with E-state index in [1.54, 1.807) is 18.2 Å². The fourth-order valence-corrected chi connectivity index (χ4v) is 3.30. The van der Waals surface area contributed by atoms with Crippen LogP contribution in [0.5, 0.6) is 0 Å². The van der Waals surface area contributed by atoms with E-state index in [0.717, 1.165) is 12.8 Å². The van der Waals surface area contributed by atoms with Crippen molar-refractivity contribution in [2.45, 2.75) is 47.0 Å². The number of hydrogen-bond donors (Lipinski definition) is 3. The third-order valence-electron chi connectivity index (χ3n) is 3.48. The molecule has 3 N–H and O–H groups in total. The van der Waals surface area contributed by atoms with Crippen molar-refractivity contribution >= 4 is 33.2 Å². The monoisotopic (exact) mass is 383 g/mol. The summed E-state index contributed by atoms with van der Waals surface area (Å²) >= 11 is 0. The Balaban J connectivity index is 2.44. The van der Waals surface area contributed by atoms with Crippen molar-refractivity contribution in [2.24, 2.45) is 5.41 Å². The summed E-state index contributed by atoms with van der Waals surface area (Å²) in [6.07, 6.45) is 1.74. The summed E-state index contributed by atoms with van der Waals surface area (Å²) in [5, 5.41) is 5.33. The fourth-order valence-electron chi connectivity index (χ4n) is 2.26. The van der Waals surface area contributed by atoms with Gasteiger partial charge >= 0.3 is 0 Å². The molecule has 1 aromatic carbocycles. The predicted molar refractivity (Wildman–Crippen MR) is 104 cm³/mol. The second kappa shape index (κ2) is 9.56. The van der Waals surface area contributed by atoms with Gasteiger partial charge in [0.05, 0.1) is 11.4 Å². The number of amides is 2. The first kappa shape index (κ1) is 22.0. The molecule has 1 rings (SSSR count). The molecule has 0 aliphatic rings. The molecule has 0 bridgehead atoms. The molecule has 0 fully saturated rings. The van der Waals surface area contributed by atoms with E-state index in [1.807, 2.05) is 0 Å². The number of carbonyl (C=O) groups excluding carboxylic acids is 2. The van der Waals surface area contributed by atoms with Crippen molar-refractivity contribution in [1.29, 1.82) is 0 Å². The van der Waals surface area contributed by atoms with E-state index in [9.17, 15) is 18.0 Å². The summed E-state index contributed by atoms with van der Waals surface area (Å²) in [6, 6.07) is 6.39. The first-order valence-corrected chi connectivity index (χ1v) is 10.3. The van der Waals surface area contributed by atoms with Gasteiger partial charge in [-0.2, -0.15) is 0 Å². The van der Waals surface area contributed by atoms with Crippen molar-refractivity contribution in [3.63, 3.8) is 0 Å². The molecule has 2 amide bonds. The normalized spacial score (nSPS) is 11.7. The Morgan fingerprint density at radius 3 is 2.38 bits per heavy atom. The third kappa shape index (κ3) is 10.0. The number of anilines is 2. The van der Waals surface area contributed by atoms with Gasteiger partial charge in [-0.25, -0.2) is 8.42 Å². The van der Waals surface area contributed by atoms with Gasteiger partial charge in [0.1, 0.15) is 0 Å². The van der Waals surface area contributed by atoms with Crippen LogP contribution in [0.1, 0.15) is 47.0 Å². The summed E-state index contributed by atoms with van der Waals surface area (Å²) in [7, 11) is -3.65. The second-order valence-electron chi connectivity index (χ2n) is 7.45. The average molecular weight is 384 g/mol. The van der Waals surface area contributed by atoms with E-state index >= 15 is 0 Å². The number of nitrogens with one attached hydrogen (secondary N) is 3. The zero-order valence-corrected chi connectivity index (χ0v) is 16.7. The molecule has 0 saturated heterocycles. The Labute approximate surface area is 156 Å². The van der Waals surface area contributed by atoms with Crippen LogP contribution in [0.3, 0.4) is 0 Å². The minimum absolute atomic E-state index is 0.101. The zero-order valence-electron chi connectivity index (χ0n) is 15.9. The van der Waals surface area contributed by atoms with Crippen molar-refractivity contribution in [1.82, 2.24) is 5.32 Å². The first-order valence-electron chi connectivity index (χ1n) is 8.62. The summed E-state index contributed by atoms with van der Waals surface area (Å²) < 4.78 is 26.7. The number of sulfonamides is 1. The van der Waals surface area contributed by atoms with Gasteiger partial charge in [0.15, 0.2) is 0 Å². The average Bonchev–Trinajstić information content (AvgIpc) is 2.48. The molecule has 0 unspecified atom stereocenters. The summed E-state index contributed by atoms with van der Waals surface area (Å²) in [4.78, 5) is 22.8. The van der Waals surface area contributed by atoms with Gasteiger partial charge in [-0.1, -0.05) is 26.8 Å². The predicted octanol–water partition coefficient (Wildman–Crippen LogP) is 2.72. The maximum absolute atomic E-state index is 12.1. The Hall–Kier alpha value is -2.09. The highest BCUT2D eigenvalue weighted by Gasteiger charge is 2.14. The quantitative estimate of drug-likeness (QED) is 0.570. The van der Waals surface area contributed by atoms with Crippen LogP contribution in [0.2, 0.25) is 0 Å². The Morgan fingerprint density at radius 1 is 1.12 bits per heavy atom. The van der Waals surface area contributed by atoms with Crippen LogP contribution in [0, 0.1) is 5.41 Å². The van der Waals surface area contributed by atoms with Gasteiger partial charge in [0, 0.05) is 25.6 Å². The summed E-state index contributed by atoms with van der Waals surface area (Å²) in [5.74, 6) is -0.827. The van der Waals surface area contributed by atoms with E-state index < -0.39 is 10.0 Å². The van der Waals surface area contributed by atoms with Crippen LogP contribution in [-0.4, -0.2) is 32.5 Å². The van der Waals surface area contributed by atoms with E-state index in [1.165, 1.54) is 13.0 Å². The highest BCUT2D eigenvalue weighted by molar-refractivity contribution is 7.92. The standard InChI is InChI=1S/C18H29N3O4S/c1-14(22)20-15-7-5-8-16(13-15)21-26(24,25)12-9-17(23)19-11-6-10-18(2,3)4/h5,7-8,13,21H,6,9-12H2,1-4H3,(H,19,23)(H,20,22). The number of hydrogen-bond acceptors (Lipinski definition) is 4. The molecule has 1 aromatic rings. The Kier molecular flexibility index (Phi) is 8.08. The van der Waals surface area contributed by atoms with Crippen LogP contribution in [0.25, 0.3) is 0 Å². The van der Waals surface area contributed by atoms with Gasteiger partial charge in [0.25, 0.3) is 0 Å². The van der Waals surface area contributed by atoms with Crippen molar-refractivity contribution in [2.75, 3.05) is 22.3 Å². The molecule has 0 atom stereocenters. The lowest BCUT2D eigenvalue weighted by molar-refractivity contribution is -0.120. The molecule has 0 aliphatic carbocycles. The fraction of sp³-hybridized carbons (Fsp3) is 0.556. The van der Waals surface area contributed by atoms with E-state index in [4.69, 9.17) is 0 Å². The lowest BCUT2D eigenvalue weighted by Gasteiger charge is -2.17. The van der Waals surface area contributed by atoms with E-state index in [0.29, 0.717) is 17.9 Å². The lowest BCUT2D eigenvalue weighted by Crippen LogP contribution is -2.28. The van der Waals surface area contributed by atoms with Crippen LogP contribution in [0.4, 0.5) is 11.4 Å². The summed E-state index contributed by atoms with van der Waals surface area (Å²) in [6.45, 7) is 8.31. The number of carbonyl (C=O) groups is 2. The molecule has 26 heavy (non-hydrogen) atoms. The smallest absolute Gasteiger partial charge is 0.233 e. The molecule has 0 heterocycles. The molecule has 146 valence electrons. The number of benzene rings is 1. The topological polar surface area (TPSA) is 104 Å².